The van der Waals surface area contributed by atoms with Crippen LogP contribution in [0.2, 0.25) is 0 Å². The number of nitrogens with zero attached hydrogens (tertiary/aromatic N) is 1. The number of rotatable bonds is 4. The Morgan fingerprint density at radius 2 is 1.95 bits per heavy atom. The summed E-state index contributed by atoms with van der Waals surface area (Å²) in [6.45, 7) is 0. The zero-order chi connectivity index (χ0) is 14.7. The highest BCUT2D eigenvalue weighted by molar-refractivity contribution is 9.10. The fourth-order valence-electron chi connectivity index (χ4n) is 1.91. The molecule has 1 heterocycles. The number of methoxy groups -OCH3 is 2. The number of pyridine rings is 1. The largest absolute Gasteiger partial charge is 0.495 e. The van der Waals surface area contributed by atoms with E-state index in [0.29, 0.717) is 21.5 Å². The van der Waals surface area contributed by atoms with Crippen molar-refractivity contribution < 1.29 is 19.0 Å². The van der Waals surface area contributed by atoms with Crippen molar-refractivity contribution in [2.75, 3.05) is 14.2 Å². The molecule has 0 radical (unpaired) electrons. The monoisotopic (exact) mass is 341 g/mol. The fraction of sp³-hybridized carbons (Fsp3) is 0.214. The first-order valence-electron chi connectivity index (χ1n) is 5.78. The van der Waals surface area contributed by atoms with E-state index in [4.69, 9.17) is 9.47 Å². The third-order valence-corrected chi connectivity index (χ3v) is 3.66. The van der Waals surface area contributed by atoms with E-state index in [1.165, 1.54) is 26.5 Å². The van der Waals surface area contributed by atoms with Gasteiger partial charge in [0.25, 0.3) is 0 Å². The van der Waals surface area contributed by atoms with Crippen molar-refractivity contribution in [2.24, 2.45) is 0 Å². The molecule has 2 aromatic rings. The lowest BCUT2D eigenvalue weighted by atomic mass is 10.0. The van der Waals surface area contributed by atoms with Gasteiger partial charge >= 0.3 is 0 Å². The Hall–Kier alpha value is -1.66. The van der Waals surface area contributed by atoms with E-state index in [-0.39, 0.29) is 5.56 Å². The van der Waals surface area contributed by atoms with Crippen LogP contribution in [0.25, 0.3) is 0 Å². The van der Waals surface area contributed by atoms with E-state index in [0.717, 1.165) is 6.20 Å². The average molecular weight is 342 g/mol. The van der Waals surface area contributed by atoms with E-state index in [2.05, 4.69) is 20.9 Å². The molecule has 0 bridgehead atoms. The fourth-order valence-corrected chi connectivity index (χ4v) is 2.59. The molecule has 0 saturated heterocycles. The molecule has 1 atom stereocenters. The van der Waals surface area contributed by atoms with Crippen molar-refractivity contribution in [2.45, 2.75) is 6.10 Å². The van der Waals surface area contributed by atoms with E-state index in [1.54, 1.807) is 12.1 Å². The summed E-state index contributed by atoms with van der Waals surface area (Å²) in [7, 11) is 3.00. The molecule has 1 aromatic heterocycles. The molecule has 1 N–H and O–H groups in total. The molecule has 20 heavy (non-hydrogen) atoms. The predicted octanol–water partition coefficient (Wildman–Crippen LogP) is 3.08. The van der Waals surface area contributed by atoms with Crippen LogP contribution in [0.15, 0.2) is 35.1 Å². The molecule has 0 aliphatic rings. The first-order valence-corrected chi connectivity index (χ1v) is 6.57. The number of aliphatic hydroxyl groups excluding tert-OH is 1. The summed E-state index contributed by atoms with van der Waals surface area (Å²) < 4.78 is 24.7. The number of ether oxygens (including phenoxy) is 2. The molecule has 1 aromatic carbocycles. The van der Waals surface area contributed by atoms with E-state index in [1.807, 2.05) is 0 Å². The van der Waals surface area contributed by atoms with Crippen molar-refractivity contribution in [1.29, 1.82) is 0 Å². The van der Waals surface area contributed by atoms with Gasteiger partial charge in [-0.25, -0.2) is 4.39 Å². The lowest BCUT2D eigenvalue weighted by Gasteiger charge is -2.18. The van der Waals surface area contributed by atoms with Crippen LogP contribution in [0.1, 0.15) is 17.2 Å². The van der Waals surface area contributed by atoms with Crippen molar-refractivity contribution >= 4 is 15.9 Å². The highest BCUT2D eigenvalue weighted by Gasteiger charge is 2.22. The van der Waals surface area contributed by atoms with Gasteiger partial charge < -0.3 is 14.6 Å². The molecule has 1 unspecified atom stereocenters. The molecule has 0 amide bonds. The molecule has 2 rings (SSSR count). The van der Waals surface area contributed by atoms with Crippen LogP contribution in [-0.4, -0.2) is 24.3 Å². The predicted molar refractivity (Wildman–Crippen MR) is 75.5 cm³/mol. The average Bonchev–Trinajstić information content (AvgIpc) is 2.46. The van der Waals surface area contributed by atoms with Gasteiger partial charge in [-0.1, -0.05) is 0 Å². The molecular formula is C14H13BrFNO3. The standard InChI is InChI=1S/C14H13BrFNO3/c1-19-11-4-3-9(14(20-2)12(11)15)13(18)8-5-6-17-7-10(8)16/h3-7,13,18H,1-2H3. The minimum atomic E-state index is -1.16. The highest BCUT2D eigenvalue weighted by atomic mass is 79.9. The summed E-state index contributed by atoms with van der Waals surface area (Å²) in [5.41, 5.74) is 0.570. The van der Waals surface area contributed by atoms with Crippen LogP contribution < -0.4 is 9.47 Å². The van der Waals surface area contributed by atoms with Gasteiger partial charge in [-0.05, 0) is 34.1 Å². The van der Waals surface area contributed by atoms with Gasteiger partial charge in [0.1, 0.15) is 27.9 Å². The molecule has 6 heteroatoms. The Balaban J connectivity index is 2.53. The second kappa shape index (κ2) is 6.19. The van der Waals surface area contributed by atoms with Gasteiger partial charge in [0, 0.05) is 17.3 Å². The number of aromatic nitrogens is 1. The molecule has 4 nitrogen and oxygen atoms in total. The number of hydrogen-bond donors (Lipinski definition) is 1. The first kappa shape index (κ1) is 14.7. The first-order chi connectivity index (χ1) is 9.60. The minimum Gasteiger partial charge on any atom is -0.495 e. The van der Waals surface area contributed by atoms with E-state index in [9.17, 15) is 9.50 Å². The van der Waals surface area contributed by atoms with Crippen LogP contribution >= 0.6 is 15.9 Å². The van der Waals surface area contributed by atoms with Crippen molar-refractivity contribution in [3.63, 3.8) is 0 Å². The third-order valence-electron chi connectivity index (χ3n) is 2.91. The summed E-state index contributed by atoms with van der Waals surface area (Å²) in [4.78, 5) is 3.66. The zero-order valence-corrected chi connectivity index (χ0v) is 12.5. The Kier molecular flexibility index (Phi) is 4.57. The SMILES string of the molecule is COc1ccc(C(O)c2ccncc2F)c(OC)c1Br. The van der Waals surface area contributed by atoms with Crippen LogP contribution in [0, 0.1) is 5.82 Å². The van der Waals surface area contributed by atoms with Gasteiger partial charge in [-0.15, -0.1) is 0 Å². The smallest absolute Gasteiger partial charge is 0.147 e. The molecule has 0 saturated carbocycles. The summed E-state index contributed by atoms with van der Waals surface area (Å²) in [5.74, 6) is 0.384. The third kappa shape index (κ3) is 2.62. The summed E-state index contributed by atoms with van der Waals surface area (Å²) in [6.07, 6.45) is 1.33. The van der Waals surface area contributed by atoms with Crippen molar-refractivity contribution in [1.82, 2.24) is 4.98 Å². The Labute approximate surface area is 124 Å². The topological polar surface area (TPSA) is 51.6 Å². The van der Waals surface area contributed by atoms with E-state index < -0.39 is 11.9 Å². The van der Waals surface area contributed by atoms with E-state index >= 15 is 0 Å². The molecule has 106 valence electrons. The van der Waals surface area contributed by atoms with Crippen molar-refractivity contribution in [3.8, 4) is 11.5 Å². The van der Waals surface area contributed by atoms with Gasteiger partial charge in [-0.2, -0.15) is 0 Å². The molecule has 0 fully saturated rings. The molecule has 0 aliphatic carbocycles. The minimum absolute atomic E-state index is 0.135. The Morgan fingerprint density at radius 1 is 1.20 bits per heavy atom. The lowest BCUT2D eigenvalue weighted by molar-refractivity contribution is 0.209. The Morgan fingerprint density at radius 3 is 2.55 bits per heavy atom. The lowest BCUT2D eigenvalue weighted by Crippen LogP contribution is -2.06. The number of halogens is 2. The summed E-state index contributed by atoms with van der Waals surface area (Å²) in [6, 6.07) is 4.73. The number of aliphatic hydroxyl groups is 1. The van der Waals surface area contributed by atoms with Crippen LogP contribution in [0.4, 0.5) is 4.39 Å². The maximum Gasteiger partial charge on any atom is 0.147 e. The maximum atomic E-state index is 13.7. The number of benzene rings is 1. The summed E-state index contributed by atoms with van der Waals surface area (Å²) in [5, 5.41) is 10.4. The quantitative estimate of drug-likeness (QED) is 0.928. The Bertz CT molecular complexity index is 621. The molecular weight excluding hydrogens is 329 g/mol. The molecule has 0 aliphatic heterocycles. The van der Waals surface area contributed by atoms with Crippen LogP contribution in [0.3, 0.4) is 0 Å². The van der Waals surface area contributed by atoms with Crippen LogP contribution in [0.5, 0.6) is 11.5 Å². The normalized spacial score (nSPS) is 12.1. The number of hydrogen-bond acceptors (Lipinski definition) is 4. The van der Waals surface area contributed by atoms with Gasteiger partial charge in [-0.3, -0.25) is 4.98 Å². The highest BCUT2D eigenvalue weighted by Crippen LogP contribution is 2.41. The van der Waals surface area contributed by atoms with Gasteiger partial charge in [0.2, 0.25) is 0 Å². The van der Waals surface area contributed by atoms with Crippen LogP contribution in [-0.2, 0) is 0 Å². The maximum absolute atomic E-state index is 13.7. The second-order valence-electron chi connectivity index (χ2n) is 4.00. The van der Waals surface area contributed by atoms with Gasteiger partial charge in [0.05, 0.1) is 20.4 Å². The molecule has 0 spiro atoms. The second-order valence-corrected chi connectivity index (χ2v) is 4.80. The van der Waals surface area contributed by atoms with Crippen molar-refractivity contribution in [3.05, 3.63) is 52.0 Å². The summed E-state index contributed by atoms with van der Waals surface area (Å²) >= 11 is 3.34. The van der Waals surface area contributed by atoms with Gasteiger partial charge in [0.15, 0.2) is 0 Å². The zero-order valence-electron chi connectivity index (χ0n) is 10.9.